The molecule has 2 aromatic rings. The predicted octanol–water partition coefficient (Wildman–Crippen LogP) is 5.37. The number of benzene rings is 2. The standard InChI is InChI=1S/C13H7BrCl3NO2/c14-9-3-6(15)1-2-8(9)13(20)18-11-5-7(16)4-10(17)12(11)19/h1-5,19H,(H,18,20). The maximum atomic E-state index is 12.1. The Hall–Kier alpha value is -0.940. The first-order valence-corrected chi connectivity index (χ1v) is 7.25. The summed E-state index contributed by atoms with van der Waals surface area (Å²) in [5.41, 5.74) is 0.499. The third-order valence-electron chi connectivity index (χ3n) is 2.45. The van der Waals surface area contributed by atoms with E-state index in [2.05, 4.69) is 21.2 Å². The summed E-state index contributed by atoms with van der Waals surface area (Å²) in [6, 6.07) is 7.54. The zero-order chi connectivity index (χ0) is 14.9. The van der Waals surface area contributed by atoms with Crippen molar-refractivity contribution >= 4 is 62.3 Å². The van der Waals surface area contributed by atoms with Gasteiger partial charge in [-0.15, -0.1) is 0 Å². The molecule has 7 heteroatoms. The fraction of sp³-hybridized carbons (Fsp3) is 0. The SMILES string of the molecule is O=C(Nc1cc(Cl)cc(Cl)c1O)c1ccc(Cl)cc1Br. The van der Waals surface area contributed by atoms with Crippen LogP contribution in [0.25, 0.3) is 0 Å². The van der Waals surface area contributed by atoms with E-state index < -0.39 is 5.91 Å². The number of hydrogen-bond donors (Lipinski definition) is 2. The van der Waals surface area contributed by atoms with E-state index in [1.165, 1.54) is 12.1 Å². The molecule has 0 unspecified atom stereocenters. The van der Waals surface area contributed by atoms with Gasteiger partial charge in [0.25, 0.3) is 5.91 Å². The van der Waals surface area contributed by atoms with Gasteiger partial charge in [-0.2, -0.15) is 0 Å². The Labute approximate surface area is 138 Å². The number of rotatable bonds is 2. The number of phenols is 1. The number of phenolic OH excluding ortho intramolecular Hbond substituents is 1. The molecule has 0 fully saturated rings. The number of amides is 1. The highest BCUT2D eigenvalue weighted by atomic mass is 79.9. The van der Waals surface area contributed by atoms with Crippen LogP contribution in [0.5, 0.6) is 5.75 Å². The average molecular weight is 395 g/mol. The zero-order valence-corrected chi connectivity index (χ0v) is 13.6. The Bertz CT molecular complexity index is 692. The zero-order valence-electron chi connectivity index (χ0n) is 9.75. The van der Waals surface area contributed by atoms with Crippen molar-refractivity contribution in [1.82, 2.24) is 0 Å². The molecule has 0 spiro atoms. The van der Waals surface area contributed by atoms with Crippen LogP contribution in [0.3, 0.4) is 0 Å². The van der Waals surface area contributed by atoms with Crippen molar-refractivity contribution in [2.75, 3.05) is 5.32 Å². The van der Waals surface area contributed by atoms with Gasteiger partial charge in [-0.05, 0) is 46.3 Å². The maximum absolute atomic E-state index is 12.1. The summed E-state index contributed by atoms with van der Waals surface area (Å²) in [7, 11) is 0. The molecule has 0 aliphatic carbocycles. The summed E-state index contributed by atoms with van der Waals surface area (Å²) in [6.07, 6.45) is 0. The lowest BCUT2D eigenvalue weighted by molar-refractivity contribution is 0.102. The van der Waals surface area contributed by atoms with E-state index in [1.54, 1.807) is 18.2 Å². The number of halogens is 4. The molecule has 3 nitrogen and oxygen atoms in total. The van der Waals surface area contributed by atoms with Crippen molar-refractivity contribution < 1.29 is 9.90 Å². The minimum absolute atomic E-state index is 0.0583. The van der Waals surface area contributed by atoms with E-state index in [0.717, 1.165) is 0 Å². The van der Waals surface area contributed by atoms with Gasteiger partial charge in [-0.1, -0.05) is 34.8 Å². The van der Waals surface area contributed by atoms with Crippen LogP contribution in [0.2, 0.25) is 15.1 Å². The van der Waals surface area contributed by atoms with Gasteiger partial charge in [0.1, 0.15) is 0 Å². The van der Waals surface area contributed by atoms with Crippen molar-refractivity contribution in [1.29, 1.82) is 0 Å². The molecule has 0 heterocycles. The van der Waals surface area contributed by atoms with E-state index in [-0.39, 0.29) is 16.5 Å². The largest absolute Gasteiger partial charge is 0.504 e. The lowest BCUT2D eigenvalue weighted by Crippen LogP contribution is -2.12. The van der Waals surface area contributed by atoms with Gasteiger partial charge in [-0.3, -0.25) is 4.79 Å². The Morgan fingerprint density at radius 3 is 2.45 bits per heavy atom. The highest BCUT2D eigenvalue weighted by molar-refractivity contribution is 9.10. The smallest absolute Gasteiger partial charge is 0.256 e. The van der Waals surface area contributed by atoms with Crippen molar-refractivity contribution in [3.8, 4) is 5.75 Å². The second-order valence-electron chi connectivity index (χ2n) is 3.86. The molecule has 2 aromatic carbocycles. The average Bonchev–Trinajstić information content (AvgIpc) is 2.35. The van der Waals surface area contributed by atoms with Gasteiger partial charge in [0.2, 0.25) is 0 Å². The van der Waals surface area contributed by atoms with Crippen LogP contribution in [0, 0.1) is 0 Å². The van der Waals surface area contributed by atoms with Crippen LogP contribution in [0.15, 0.2) is 34.8 Å². The molecule has 2 N–H and O–H groups in total. The fourth-order valence-corrected chi connectivity index (χ4v) is 2.88. The molecule has 0 aliphatic rings. The Kier molecular flexibility index (Phi) is 4.81. The number of anilines is 1. The van der Waals surface area contributed by atoms with Crippen molar-refractivity contribution in [3.63, 3.8) is 0 Å². The number of carbonyl (C=O) groups is 1. The molecule has 0 aromatic heterocycles. The first kappa shape index (κ1) is 15.4. The minimum atomic E-state index is -0.429. The van der Waals surface area contributed by atoms with E-state index >= 15 is 0 Å². The maximum Gasteiger partial charge on any atom is 0.256 e. The van der Waals surface area contributed by atoms with Crippen LogP contribution in [-0.4, -0.2) is 11.0 Å². The summed E-state index contributed by atoms with van der Waals surface area (Å²) >= 11 is 20.7. The molecular weight excluding hydrogens is 388 g/mol. The van der Waals surface area contributed by atoms with Gasteiger partial charge < -0.3 is 10.4 Å². The first-order chi connectivity index (χ1) is 9.38. The molecule has 0 aliphatic heterocycles. The molecule has 104 valence electrons. The quantitative estimate of drug-likeness (QED) is 0.672. The second-order valence-corrected chi connectivity index (χ2v) is 6.00. The molecule has 2 rings (SSSR count). The van der Waals surface area contributed by atoms with Gasteiger partial charge in [0, 0.05) is 14.5 Å². The third kappa shape index (κ3) is 3.38. The lowest BCUT2D eigenvalue weighted by Gasteiger charge is -2.10. The molecule has 0 saturated heterocycles. The van der Waals surface area contributed by atoms with Crippen LogP contribution >= 0.6 is 50.7 Å². The Morgan fingerprint density at radius 2 is 1.80 bits per heavy atom. The monoisotopic (exact) mass is 393 g/mol. The van der Waals surface area contributed by atoms with Crippen LogP contribution in [0.1, 0.15) is 10.4 Å². The van der Waals surface area contributed by atoms with E-state index in [0.29, 0.717) is 20.1 Å². The molecule has 0 radical (unpaired) electrons. The number of carbonyl (C=O) groups excluding carboxylic acids is 1. The topological polar surface area (TPSA) is 49.3 Å². The summed E-state index contributed by atoms with van der Waals surface area (Å²) in [6.45, 7) is 0. The van der Waals surface area contributed by atoms with Crippen LogP contribution in [0.4, 0.5) is 5.69 Å². The van der Waals surface area contributed by atoms with Crippen molar-refractivity contribution in [2.24, 2.45) is 0 Å². The number of nitrogens with one attached hydrogen (secondary N) is 1. The summed E-state index contributed by atoms with van der Waals surface area (Å²) < 4.78 is 0.537. The molecule has 0 atom stereocenters. The highest BCUT2D eigenvalue weighted by Gasteiger charge is 2.14. The fourth-order valence-electron chi connectivity index (χ4n) is 1.52. The van der Waals surface area contributed by atoms with Crippen molar-refractivity contribution in [2.45, 2.75) is 0 Å². The molecule has 0 saturated carbocycles. The summed E-state index contributed by atoms with van der Waals surface area (Å²) in [5, 5.41) is 13.2. The normalized spacial score (nSPS) is 10.4. The van der Waals surface area contributed by atoms with Crippen LogP contribution < -0.4 is 5.32 Å². The molecule has 1 amide bonds. The molecular formula is C13H7BrCl3NO2. The van der Waals surface area contributed by atoms with Gasteiger partial charge >= 0.3 is 0 Å². The molecule has 0 bridgehead atoms. The Balaban J connectivity index is 2.32. The number of hydrogen-bond acceptors (Lipinski definition) is 2. The van der Waals surface area contributed by atoms with E-state index in [9.17, 15) is 9.90 Å². The van der Waals surface area contributed by atoms with Gasteiger partial charge in [-0.25, -0.2) is 0 Å². The van der Waals surface area contributed by atoms with E-state index in [4.69, 9.17) is 34.8 Å². The van der Waals surface area contributed by atoms with Gasteiger partial charge in [0.15, 0.2) is 5.75 Å². The molecule has 20 heavy (non-hydrogen) atoms. The van der Waals surface area contributed by atoms with Gasteiger partial charge in [0.05, 0.1) is 16.3 Å². The number of aromatic hydroxyl groups is 1. The first-order valence-electron chi connectivity index (χ1n) is 5.33. The summed E-state index contributed by atoms with van der Waals surface area (Å²) in [5.74, 6) is -0.670. The van der Waals surface area contributed by atoms with E-state index in [1.807, 2.05) is 0 Å². The summed E-state index contributed by atoms with van der Waals surface area (Å²) in [4.78, 5) is 12.1. The van der Waals surface area contributed by atoms with Crippen LogP contribution in [-0.2, 0) is 0 Å². The lowest BCUT2D eigenvalue weighted by atomic mass is 10.2. The third-order valence-corrected chi connectivity index (χ3v) is 3.85. The minimum Gasteiger partial charge on any atom is -0.504 e. The van der Waals surface area contributed by atoms with Crippen molar-refractivity contribution in [3.05, 3.63) is 55.4 Å². The second kappa shape index (κ2) is 6.22. The highest BCUT2D eigenvalue weighted by Crippen LogP contribution is 2.35. The predicted molar refractivity (Wildman–Crippen MR) is 85.2 cm³/mol. The Morgan fingerprint density at radius 1 is 1.10 bits per heavy atom.